The Balaban J connectivity index is 1.31. The first kappa shape index (κ1) is 22.1. The topological polar surface area (TPSA) is 59.1 Å². The monoisotopic (exact) mass is 448 g/mol. The van der Waals surface area contributed by atoms with Gasteiger partial charge in [0.05, 0.1) is 17.0 Å². The van der Waals surface area contributed by atoms with E-state index in [2.05, 4.69) is 51.4 Å². The number of nitrogens with zero attached hydrogens (tertiary/aromatic N) is 2. The zero-order valence-electron chi connectivity index (χ0n) is 17.4. The van der Waals surface area contributed by atoms with Crippen molar-refractivity contribution in [3.63, 3.8) is 0 Å². The molecule has 5 nitrogen and oxygen atoms in total. The summed E-state index contributed by atoms with van der Waals surface area (Å²) in [6.07, 6.45) is 3.45. The van der Waals surface area contributed by atoms with Crippen molar-refractivity contribution in [3.05, 3.63) is 39.0 Å². The molecule has 3 aromatic rings. The molecule has 0 spiro atoms. The van der Waals surface area contributed by atoms with Crippen LogP contribution in [0.2, 0.25) is 0 Å². The Morgan fingerprint density at radius 2 is 1.90 bits per heavy atom. The number of ether oxygens (including phenoxy) is 1. The van der Waals surface area contributed by atoms with Crippen LogP contribution < -0.4 is 14.8 Å². The third-order valence-corrected chi connectivity index (χ3v) is 6.96. The number of rotatable bonds is 11. The molecule has 0 aliphatic rings. The predicted octanol–water partition coefficient (Wildman–Crippen LogP) is 6.08. The molecule has 0 fully saturated rings. The predicted molar refractivity (Wildman–Crippen MR) is 127 cm³/mol. The molecule has 2 aromatic heterocycles. The summed E-state index contributed by atoms with van der Waals surface area (Å²) in [5.74, 6) is 0.920. The normalized spacial score (nSPS) is 11.0. The van der Waals surface area contributed by atoms with Crippen molar-refractivity contribution in [1.29, 1.82) is 0 Å². The minimum absolute atomic E-state index is 0.920. The molecule has 0 atom stereocenters. The second-order valence-electron chi connectivity index (χ2n) is 6.81. The van der Waals surface area contributed by atoms with Gasteiger partial charge in [-0.15, -0.1) is 22.7 Å². The van der Waals surface area contributed by atoms with Crippen LogP contribution in [0.25, 0.3) is 11.4 Å². The lowest BCUT2D eigenvalue weighted by Crippen LogP contribution is -2.07. The standard InChI is InChI=1S/C21H28N4OS3/c1-14-8-9-18(26-4)19(12-14)29-23-11-7-5-6-10-22-21-25-17(13-27-21)20-15(2)28-16(3)24-20/h8-9,12-13,23H,5-7,10-11H2,1-4H3,(H,22,25). The molecule has 1 aromatic carbocycles. The molecule has 2 heterocycles. The second-order valence-corrected chi connectivity index (χ2v) is 10.0. The SMILES string of the molecule is COc1ccc(C)cc1SNCCCCCNc1nc(-c2nc(C)sc2C)cs1. The summed E-state index contributed by atoms with van der Waals surface area (Å²) in [5, 5.41) is 7.60. The first-order valence-electron chi connectivity index (χ1n) is 9.75. The van der Waals surface area contributed by atoms with Gasteiger partial charge in [-0.25, -0.2) is 9.97 Å². The summed E-state index contributed by atoms with van der Waals surface area (Å²) >= 11 is 5.02. The van der Waals surface area contributed by atoms with Crippen molar-refractivity contribution in [3.8, 4) is 17.1 Å². The van der Waals surface area contributed by atoms with E-state index >= 15 is 0 Å². The van der Waals surface area contributed by atoms with Gasteiger partial charge in [0.1, 0.15) is 17.1 Å². The van der Waals surface area contributed by atoms with E-state index in [0.717, 1.165) is 58.1 Å². The first-order chi connectivity index (χ1) is 14.1. The van der Waals surface area contributed by atoms with Gasteiger partial charge in [-0.1, -0.05) is 12.5 Å². The van der Waals surface area contributed by atoms with E-state index in [1.807, 2.05) is 13.0 Å². The molecule has 0 amide bonds. The van der Waals surface area contributed by atoms with E-state index in [1.165, 1.54) is 16.9 Å². The average molecular weight is 449 g/mol. The van der Waals surface area contributed by atoms with Gasteiger partial charge >= 0.3 is 0 Å². The Labute approximate surface area is 185 Å². The minimum Gasteiger partial charge on any atom is -0.496 e. The van der Waals surface area contributed by atoms with Crippen molar-refractivity contribution in [1.82, 2.24) is 14.7 Å². The Kier molecular flexibility index (Phi) is 8.35. The molecule has 8 heteroatoms. The van der Waals surface area contributed by atoms with Crippen molar-refractivity contribution >= 4 is 39.8 Å². The van der Waals surface area contributed by atoms with E-state index in [0.29, 0.717) is 0 Å². The lowest BCUT2D eigenvalue weighted by atomic mass is 10.2. The number of hydrogen-bond acceptors (Lipinski definition) is 8. The molecule has 0 radical (unpaired) electrons. The molecule has 3 rings (SSSR count). The summed E-state index contributed by atoms with van der Waals surface area (Å²) in [5.41, 5.74) is 3.24. The highest BCUT2D eigenvalue weighted by molar-refractivity contribution is 7.97. The summed E-state index contributed by atoms with van der Waals surface area (Å²) in [6, 6.07) is 6.24. The van der Waals surface area contributed by atoms with Crippen LogP contribution in [0.1, 0.15) is 34.7 Å². The maximum atomic E-state index is 5.41. The fourth-order valence-electron chi connectivity index (χ4n) is 2.92. The molecule has 29 heavy (non-hydrogen) atoms. The number of unbranched alkanes of at least 4 members (excludes halogenated alkanes) is 2. The highest BCUT2D eigenvalue weighted by Gasteiger charge is 2.11. The van der Waals surface area contributed by atoms with Crippen LogP contribution in [0.3, 0.4) is 0 Å². The van der Waals surface area contributed by atoms with Crippen LogP contribution in [-0.2, 0) is 0 Å². The van der Waals surface area contributed by atoms with E-state index in [-0.39, 0.29) is 0 Å². The van der Waals surface area contributed by atoms with Crippen LogP contribution in [0.5, 0.6) is 5.75 Å². The third kappa shape index (κ3) is 6.44. The van der Waals surface area contributed by atoms with Crippen molar-refractivity contribution in [2.45, 2.75) is 44.9 Å². The number of nitrogens with one attached hydrogen (secondary N) is 2. The molecule has 156 valence electrons. The fourth-order valence-corrected chi connectivity index (χ4v) is 5.37. The molecule has 0 saturated carbocycles. The lowest BCUT2D eigenvalue weighted by Gasteiger charge is -2.09. The van der Waals surface area contributed by atoms with Gasteiger partial charge in [-0.05, 0) is 63.3 Å². The quantitative estimate of drug-likeness (QED) is 0.274. The lowest BCUT2D eigenvalue weighted by molar-refractivity contribution is 0.404. The van der Waals surface area contributed by atoms with E-state index in [9.17, 15) is 0 Å². The van der Waals surface area contributed by atoms with Gasteiger partial charge < -0.3 is 10.1 Å². The zero-order valence-corrected chi connectivity index (χ0v) is 19.8. The molecule has 0 saturated heterocycles. The average Bonchev–Trinajstić information content (AvgIpc) is 3.29. The molecular weight excluding hydrogens is 420 g/mol. The maximum Gasteiger partial charge on any atom is 0.183 e. The van der Waals surface area contributed by atoms with Crippen molar-refractivity contribution in [2.75, 3.05) is 25.5 Å². The van der Waals surface area contributed by atoms with E-state index in [1.54, 1.807) is 41.7 Å². The Morgan fingerprint density at radius 1 is 1.07 bits per heavy atom. The summed E-state index contributed by atoms with van der Waals surface area (Å²) in [6.45, 7) is 8.17. The van der Waals surface area contributed by atoms with Crippen LogP contribution in [0.4, 0.5) is 5.13 Å². The summed E-state index contributed by atoms with van der Waals surface area (Å²) < 4.78 is 8.85. The van der Waals surface area contributed by atoms with Crippen LogP contribution in [-0.4, -0.2) is 30.2 Å². The number of hydrogen-bond donors (Lipinski definition) is 2. The number of aromatic nitrogens is 2. The molecule has 0 bridgehead atoms. The largest absolute Gasteiger partial charge is 0.496 e. The Hall–Kier alpha value is -1.61. The highest BCUT2D eigenvalue weighted by atomic mass is 32.2. The molecule has 0 aliphatic carbocycles. The molecular formula is C21H28N4OS3. The smallest absolute Gasteiger partial charge is 0.183 e. The number of aryl methyl sites for hydroxylation is 3. The number of anilines is 1. The first-order valence-corrected chi connectivity index (χ1v) is 12.3. The second kappa shape index (κ2) is 11.0. The number of benzene rings is 1. The number of thiazole rings is 2. The fraction of sp³-hybridized carbons (Fsp3) is 0.429. The number of methoxy groups -OCH3 is 1. The van der Waals surface area contributed by atoms with Crippen LogP contribution in [0, 0.1) is 20.8 Å². The van der Waals surface area contributed by atoms with Gasteiger partial charge in [-0.3, -0.25) is 4.72 Å². The minimum atomic E-state index is 0.920. The Morgan fingerprint density at radius 3 is 2.66 bits per heavy atom. The molecule has 2 N–H and O–H groups in total. The third-order valence-electron chi connectivity index (χ3n) is 4.38. The van der Waals surface area contributed by atoms with Gasteiger partial charge in [0.2, 0.25) is 0 Å². The summed E-state index contributed by atoms with van der Waals surface area (Å²) in [4.78, 5) is 11.6. The molecule has 0 aliphatic heterocycles. The zero-order chi connectivity index (χ0) is 20.6. The van der Waals surface area contributed by atoms with Crippen LogP contribution >= 0.6 is 34.6 Å². The van der Waals surface area contributed by atoms with Crippen molar-refractivity contribution < 1.29 is 4.74 Å². The van der Waals surface area contributed by atoms with E-state index in [4.69, 9.17) is 4.74 Å². The molecule has 0 unspecified atom stereocenters. The van der Waals surface area contributed by atoms with Crippen molar-refractivity contribution in [2.24, 2.45) is 0 Å². The van der Waals surface area contributed by atoms with Gasteiger partial charge in [0, 0.05) is 23.3 Å². The Bertz CT molecular complexity index is 923. The van der Waals surface area contributed by atoms with Gasteiger partial charge in [-0.2, -0.15) is 0 Å². The highest BCUT2D eigenvalue weighted by Crippen LogP contribution is 2.30. The van der Waals surface area contributed by atoms with Crippen LogP contribution in [0.15, 0.2) is 28.5 Å². The van der Waals surface area contributed by atoms with E-state index < -0.39 is 0 Å². The maximum absolute atomic E-state index is 5.41. The van der Waals surface area contributed by atoms with Gasteiger partial charge in [0.15, 0.2) is 5.13 Å². The summed E-state index contributed by atoms with van der Waals surface area (Å²) in [7, 11) is 1.71. The van der Waals surface area contributed by atoms with Gasteiger partial charge in [0.25, 0.3) is 0 Å².